The highest BCUT2D eigenvalue weighted by Crippen LogP contribution is 2.28. The van der Waals surface area contributed by atoms with Crippen molar-refractivity contribution in [2.45, 2.75) is 38.5 Å². The van der Waals surface area contributed by atoms with Crippen molar-refractivity contribution in [2.24, 2.45) is 11.7 Å². The zero-order chi connectivity index (χ0) is 13.7. The van der Waals surface area contributed by atoms with Gasteiger partial charge < -0.3 is 11.1 Å². The molecule has 2 rings (SSSR count). The Hall–Kier alpha value is -0.610. The van der Waals surface area contributed by atoms with Gasteiger partial charge in [-0.1, -0.05) is 53.8 Å². The van der Waals surface area contributed by atoms with Gasteiger partial charge in [-0.25, -0.2) is 0 Å². The van der Waals surface area contributed by atoms with Crippen LogP contribution in [-0.4, -0.2) is 11.5 Å². The van der Waals surface area contributed by atoms with Gasteiger partial charge in [0.15, 0.2) is 0 Å². The molecule has 0 aromatic heterocycles. The molecule has 0 amide bonds. The molecule has 2 nitrogen and oxygen atoms in total. The van der Waals surface area contributed by atoms with Crippen molar-refractivity contribution in [2.75, 3.05) is 11.9 Å². The molecule has 1 fully saturated rings. The lowest BCUT2D eigenvalue weighted by atomic mass is 10.0. The van der Waals surface area contributed by atoms with Gasteiger partial charge in [0.1, 0.15) is 4.99 Å². The Morgan fingerprint density at radius 1 is 1.37 bits per heavy atom. The molecule has 1 aromatic rings. The standard InChI is InChI=1S/C15H21BrN2S/c16-12-7-8-14(13(10-12)15(17)19)18-9-3-6-11-4-1-2-5-11/h7-8,10-11,18H,1-6,9H2,(H2,17,19). The van der Waals surface area contributed by atoms with Gasteiger partial charge in [-0.3, -0.25) is 0 Å². The third-order valence-electron chi connectivity index (χ3n) is 3.83. The Labute approximate surface area is 129 Å². The first-order chi connectivity index (χ1) is 9.16. The normalized spacial score (nSPS) is 15.6. The lowest BCUT2D eigenvalue weighted by molar-refractivity contribution is 0.491. The Kier molecular flexibility index (Phi) is 5.64. The fourth-order valence-corrected chi connectivity index (χ4v) is 3.32. The molecular weight excluding hydrogens is 320 g/mol. The summed E-state index contributed by atoms with van der Waals surface area (Å²) in [5.74, 6) is 0.960. The Balaban J connectivity index is 1.83. The largest absolute Gasteiger partial charge is 0.389 e. The van der Waals surface area contributed by atoms with Crippen LogP contribution in [0.3, 0.4) is 0 Å². The van der Waals surface area contributed by atoms with Gasteiger partial charge in [0.25, 0.3) is 0 Å². The smallest absolute Gasteiger partial charge is 0.106 e. The molecule has 0 unspecified atom stereocenters. The minimum absolute atomic E-state index is 0.444. The Morgan fingerprint density at radius 3 is 2.79 bits per heavy atom. The van der Waals surface area contributed by atoms with Crippen molar-refractivity contribution in [1.82, 2.24) is 0 Å². The van der Waals surface area contributed by atoms with E-state index in [2.05, 4.69) is 21.2 Å². The number of hydrogen-bond acceptors (Lipinski definition) is 2. The summed E-state index contributed by atoms with van der Waals surface area (Å²) in [5.41, 5.74) is 7.72. The van der Waals surface area contributed by atoms with Crippen molar-refractivity contribution in [3.8, 4) is 0 Å². The molecule has 0 spiro atoms. The number of halogens is 1. The second kappa shape index (κ2) is 7.25. The molecule has 19 heavy (non-hydrogen) atoms. The summed E-state index contributed by atoms with van der Waals surface area (Å²) >= 11 is 8.54. The van der Waals surface area contributed by atoms with Crippen LogP contribution in [-0.2, 0) is 0 Å². The summed E-state index contributed by atoms with van der Waals surface area (Å²) in [7, 11) is 0. The van der Waals surface area contributed by atoms with E-state index < -0.39 is 0 Å². The first-order valence-corrected chi connectivity index (χ1v) is 8.20. The topological polar surface area (TPSA) is 38.0 Å². The summed E-state index contributed by atoms with van der Waals surface area (Å²) in [6.45, 7) is 0.994. The summed E-state index contributed by atoms with van der Waals surface area (Å²) in [4.78, 5) is 0.444. The molecule has 104 valence electrons. The fourth-order valence-electron chi connectivity index (χ4n) is 2.79. The number of anilines is 1. The van der Waals surface area contributed by atoms with E-state index in [0.717, 1.165) is 28.2 Å². The van der Waals surface area contributed by atoms with Crippen LogP contribution in [0.2, 0.25) is 0 Å². The van der Waals surface area contributed by atoms with Crippen LogP contribution < -0.4 is 11.1 Å². The van der Waals surface area contributed by atoms with E-state index in [4.69, 9.17) is 18.0 Å². The number of nitrogens with one attached hydrogen (secondary N) is 1. The number of hydrogen-bond donors (Lipinski definition) is 2. The molecular formula is C15H21BrN2S. The zero-order valence-corrected chi connectivity index (χ0v) is 13.5. The van der Waals surface area contributed by atoms with Crippen LogP contribution in [0.15, 0.2) is 22.7 Å². The van der Waals surface area contributed by atoms with E-state index in [-0.39, 0.29) is 0 Å². The highest BCUT2D eigenvalue weighted by Gasteiger charge is 2.14. The molecule has 0 bridgehead atoms. The van der Waals surface area contributed by atoms with E-state index in [1.54, 1.807) is 0 Å². The predicted octanol–water partition coefficient (Wildman–Crippen LogP) is 4.47. The van der Waals surface area contributed by atoms with Crippen LogP contribution in [0.5, 0.6) is 0 Å². The molecule has 4 heteroatoms. The first-order valence-electron chi connectivity index (χ1n) is 7.00. The second-order valence-electron chi connectivity index (χ2n) is 5.27. The van der Waals surface area contributed by atoms with Crippen molar-refractivity contribution < 1.29 is 0 Å². The summed E-state index contributed by atoms with van der Waals surface area (Å²) in [6.07, 6.45) is 8.27. The van der Waals surface area contributed by atoms with Crippen LogP contribution >= 0.6 is 28.1 Å². The summed E-state index contributed by atoms with van der Waals surface area (Å²) < 4.78 is 1.01. The molecule has 1 aliphatic carbocycles. The number of benzene rings is 1. The van der Waals surface area contributed by atoms with E-state index in [1.165, 1.54) is 38.5 Å². The number of rotatable bonds is 6. The van der Waals surface area contributed by atoms with E-state index in [9.17, 15) is 0 Å². The van der Waals surface area contributed by atoms with Gasteiger partial charge in [0.2, 0.25) is 0 Å². The van der Waals surface area contributed by atoms with E-state index in [1.807, 2.05) is 18.2 Å². The maximum atomic E-state index is 5.76. The molecule has 0 radical (unpaired) electrons. The maximum absolute atomic E-state index is 5.76. The Morgan fingerprint density at radius 2 is 2.11 bits per heavy atom. The van der Waals surface area contributed by atoms with E-state index in [0.29, 0.717) is 4.99 Å². The average molecular weight is 341 g/mol. The highest BCUT2D eigenvalue weighted by molar-refractivity contribution is 9.10. The molecule has 0 atom stereocenters. The van der Waals surface area contributed by atoms with Crippen molar-refractivity contribution in [3.63, 3.8) is 0 Å². The predicted molar refractivity (Wildman–Crippen MR) is 89.7 cm³/mol. The Bertz CT molecular complexity index is 442. The summed E-state index contributed by atoms with van der Waals surface area (Å²) in [6, 6.07) is 6.02. The average Bonchev–Trinajstić information content (AvgIpc) is 2.89. The van der Waals surface area contributed by atoms with Crippen LogP contribution in [0.25, 0.3) is 0 Å². The molecule has 0 aliphatic heterocycles. The van der Waals surface area contributed by atoms with Gasteiger partial charge in [-0.05, 0) is 37.0 Å². The zero-order valence-electron chi connectivity index (χ0n) is 11.1. The molecule has 1 aromatic carbocycles. The van der Waals surface area contributed by atoms with E-state index >= 15 is 0 Å². The molecule has 3 N–H and O–H groups in total. The maximum Gasteiger partial charge on any atom is 0.106 e. The van der Waals surface area contributed by atoms with Gasteiger partial charge in [0.05, 0.1) is 0 Å². The van der Waals surface area contributed by atoms with Crippen molar-refractivity contribution in [1.29, 1.82) is 0 Å². The second-order valence-corrected chi connectivity index (χ2v) is 6.63. The number of nitrogens with two attached hydrogens (primary N) is 1. The van der Waals surface area contributed by atoms with Gasteiger partial charge in [-0.2, -0.15) is 0 Å². The number of thiocarbonyl (C=S) groups is 1. The van der Waals surface area contributed by atoms with Crippen LogP contribution in [0, 0.1) is 5.92 Å². The van der Waals surface area contributed by atoms with Crippen LogP contribution in [0.4, 0.5) is 5.69 Å². The first kappa shape index (κ1) is 14.8. The quantitative estimate of drug-likeness (QED) is 0.592. The third-order valence-corrected chi connectivity index (χ3v) is 4.54. The molecule has 1 saturated carbocycles. The van der Waals surface area contributed by atoms with Crippen molar-refractivity contribution >= 4 is 38.8 Å². The lowest BCUT2D eigenvalue weighted by Crippen LogP contribution is -2.14. The lowest BCUT2D eigenvalue weighted by Gasteiger charge is -2.13. The molecule has 0 heterocycles. The SMILES string of the molecule is NC(=S)c1cc(Br)ccc1NCCCC1CCCC1. The van der Waals surface area contributed by atoms with Crippen molar-refractivity contribution in [3.05, 3.63) is 28.2 Å². The molecule has 1 aliphatic rings. The van der Waals surface area contributed by atoms with Gasteiger partial charge in [-0.15, -0.1) is 0 Å². The molecule has 0 saturated heterocycles. The summed E-state index contributed by atoms with van der Waals surface area (Å²) in [5, 5.41) is 3.46. The fraction of sp³-hybridized carbons (Fsp3) is 0.533. The third kappa shape index (κ3) is 4.46. The van der Waals surface area contributed by atoms with Gasteiger partial charge in [0, 0.05) is 22.3 Å². The minimum atomic E-state index is 0.444. The highest BCUT2D eigenvalue weighted by atomic mass is 79.9. The minimum Gasteiger partial charge on any atom is -0.389 e. The van der Waals surface area contributed by atoms with Crippen LogP contribution in [0.1, 0.15) is 44.1 Å². The van der Waals surface area contributed by atoms with Gasteiger partial charge >= 0.3 is 0 Å². The monoisotopic (exact) mass is 340 g/mol.